The van der Waals surface area contributed by atoms with Crippen LogP contribution in [-0.4, -0.2) is 21.9 Å². The first-order valence-electron chi connectivity index (χ1n) is 5.61. The van der Waals surface area contributed by atoms with Crippen LogP contribution in [-0.2, 0) is 10.3 Å². The van der Waals surface area contributed by atoms with E-state index in [1.165, 1.54) is 11.3 Å². The van der Waals surface area contributed by atoms with Gasteiger partial charge >= 0.3 is 0 Å². The summed E-state index contributed by atoms with van der Waals surface area (Å²) in [5.41, 5.74) is 4.92. The van der Waals surface area contributed by atoms with Gasteiger partial charge in [-0.05, 0) is 20.3 Å². The lowest BCUT2D eigenvalue weighted by Gasteiger charge is -2.26. The first kappa shape index (κ1) is 14.4. The van der Waals surface area contributed by atoms with Gasteiger partial charge in [0, 0.05) is 11.6 Å². The minimum Gasteiger partial charge on any atom is -0.409 e. The van der Waals surface area contributed by atoms with Crippen molar-refractivity contribution in [3.8, 4) is 0 Å². The van der Waals surface area contributed by atoms with E-state index in [0.29, 0.717) is 6.42 Å². The molecule has 0 saturated heterocycles. The van der Waals surface area contributed by atoms with Crippen molar-refractivity contribution in [2.24, 2.45) is 16.8 Å². The van der Waals surface area contributed by atoms with Crippen LogP contribution in [0.25, 0.3) is 0 Å². The van der Waals surface area contributed by atoms with Crippen LogP contribution in [0.1, 0.15) is 32.2 Å². The van der Waals surface area contributed by atoms with Crippen molar-refractivity contribution in [3.05, 3.63) is 16.6 Å². The molecule has 0 radical (unpaired) electrons. The van der Waals surface area contributed by atoms with Crippen LogP contribution in [0, 0.1) is 5.92 Å². The molecule has 0 spiro atoms. The normalized spacial score (nSPS) is 14.3. The molecule has 0 aromatic carbocycles. The number of aromatic nitrogens is 1. The standard InChI is InChI=1S/C11H18N4O2S/c1-4-7(8(12)15-17)9(16)14-11(2,3)10-13-5-6-18-10/h5-7,17H,4H2,1-3H3,(H2,12,15)(H,14,16). The topological polar surface area (TPSA) is 101 Å². The molecule has 1 atom stereocenters. The van der Waals surface area contributed by atoms with E-state index < -0.39 is 11.5 Å². The van der Waals surface area contributed by atoms with E-state index in [1.54, 1.807) is 13.1 Å². The highest BCUT2D eigenvalue weighted by Gasteiger charge is 2.30. The van der Waals surface area contributed by atoms with E-state index in [2.05, 4.69) is 15.5 Å². The number of carbonyl (C=O) groups excluding carboxylic acids is 1. The fraction of sp³-hybridized carbons (Fsp3) is 0.545. The second-order valence-electron chi connectivity index (χ2n) is 4.44. The number of nitrogens with two attached hydrogens (primary N) is 1. The molecule has 0 saturated carbocycles. The first-order valence-corrected chi connectivity index (χ1v) is 6.49. The van der Waals surface area contributed by atoms with Gasteiger partial charge in [0.25, 0.3) is 0 Å². The maximum Gasteiger partial charge on any atom is 0.231 e. The van der Waals surface area contributed by atoms with E-state index in [-0.39, 0.29) is 11.7 Å². The monoisotopic (exact) mass is 270 g/mol. The Morgan fingerprint density at radius 2 is 2.39 bits per heavy atom. The third-order valence-electron chi connectivity index (χ3n) is 2.60. The number of amidine groups is 1. The van der Waals surface area contributed by atoms with Gasteiger partial charge in [-0.15, -0.1) is 11.3 Å². The predicted octanol–water partition coefficient (Wildman–Crippen LogP) is 1.27. The first-order chi connectivity index (χ1) is 8.42. The van der Waals surface area contributed by atoms with Crippen molar-refractivity contribution in [2.75, 3.05) is 0 Å². The van der Waals surface area contributed by atoms with Crippen molar-refractivity contribution in [2.45, 2.75) is 32.7 Å². The van der Waals surface area contributed by atoms with Gasteiger partial charge in [-0.25, -0.2) is 4.98 Å². The SMILES string of the molecule is CCC(C(=O)NC(C)(C)c1nccs1)/C(N)=N/O. The van der Waals surface area contributed by atoms with E-state index in [4.69, 9.17) is 10.9 Å². The van der Waals surface area contributed by atoms with Crippen molar-refractivity contribution >= 4 is 23.1 Å². The van der Waals surface area contributed by atoms with Gasteiger partial charge < -0.3 is 16.3 Å². The molecule has 0 aliphatic heterocycles. The number of hydrogen-bond acceptors (Lipinski definition) is 5. The predicted molar refractivity (Wildman–Crippen MR) is 70.5 cm³/mol. The molecule has 6 nitrogen and oxygen atoms in total. The van der Waals surface area contributed by atoms with Crippen molar-refractivity contribution in [3.63, 3.8) is 0 Å². The molecule has 1 amide bonds. The number of carbonyl (C=O) groups is 1. The zero-order chi connectivity index (χ0) is 13.8. The average Bonchev–Trinajstić information content (AvgIpc) is 2.83. The minimum absolute atomic E-state index is 0.0788. The Morgan fingerprint density at radius 1 is 1.72 bits per heavy atom. The van der Waals surface area contributed by atoms with Crippen LogP contribution in [0.2, 0.25) is 0 Å². The van der Waals surface area contributed by atoms with Crippen LogP contribution in [0.4, 0.5) is 0 Å². The Bertz CT molecular complexity index is 428. The average molecular weight is 270 g/mol. The second kappa shape index (κ2) is 5.81. The molecule has 1 unspecified atom stereocenters. The number of oxime groups is 1. The summed E-state index contributed by atoms with van der Waals surface area (Å²) in [5.74, 6) is -0.979. The van der Waals surface area contributed by atoms with Crippen LogP contribution in [0.5, 0.6) is 0 Å². The summed E-state index contributed by atoms with van der Waals surface area (Å²) >= 11 is 1.47. The maximum atomic E-state index is 12.1. The highest BCUT2D eigenvalue weighted by atomic mass is 32.1. The zero-order valence-corrected chi connectivity index (χ0v) is 11.5. The van der Waals surface area contributed by atoms with E-state index in [1.807, 2.05) is 19.2 Å². The van der Waals surface area contributed by atoms with Gasteiger partial charge in [0.2, 0.25) is 5.91 Å². The smallest absolute Gasteiger partial charge is 0.231 e. The number of amides is 1. The molecule has 0 fully saturated rings. The molecule has 1 rings (SSSR count). The fourth-order valence-electron chi connectivity index (χ4n) is 1.58. The van der Waals surface area contributed by atoms with Crippen LogP contribution in [0.3, 0.4) is 0 Å². The third kappa shape index (κ3) is 3.19. The molecule has 1 aromatic heterocycles. The van der Waals surface area contributed by atoms with Crippen molar-refractivity contribution in [1.29, 1.82) is 0 Å². The van der Waals surface area contributed by atoms with Gasteiger partial charge in [0.1, 0.15) is 5.01 Å². The third-order valence-corrected chi connectivity index (χ3v) is 3.70. The maximum absolute atomic E-state index is 12.1. The van der Waals surface area contributed by atoms with Gasteiger partial charge in [0.05, 0.1) is 11.5 Å². The van der Waals surface area contributed by atoms with Crippen LogP contribution >= 0.6 is 11.3 Å². The summed E-state index contributed by atoms with van der Waals surface area (Å²) in [6, 6.07) is 0. The second-order valence-corrected chi connectivity index (χ2v) is 5.33. The summed E-state index contributed by atoms with van der Waals surface area (Å²) < 4.78 is 0. The van der Waals surface area contributed by atoms with Crippen LogP contribution < -0.4 is 11.1 Å². The van der Waals surface area contributed by atoms with E-state index in [0.717, 1.165) is 5.01 Å². The van der Waals surface area contributed by atoms with Crippen molar-refractivity contribution in [1.82, 2.24) is 10.3 Å². The lowest BCUT2D eigenvalue weighted by atomic mass is 10.0. The summed E-state index contributed by atoms with van der Waals surface area (Å²) in [4.78, 5) is 16.3. The zero-order valence-electron chi connectivity index (χ0n) is 10.7. The Labute approximate surface area is 110 Å². The largest absolute Gasteiger partial charge is 0.409 e. The molecule has 100 valence electrons. The molecule has 0 aliphatic carbocycles. The van der Waals surface area contributed by atoms with Gasteiger partial charge in [-0.3, -0.25) is 4.79 Å². The van der Waals surface area contributed by atoms with E-state index >= 15 is 0 Å². The molecule has 0 aliphatic rings. The number of rotatable bonds is 5. The molecule has 4 N–H and O–H groups in total. The Balaban J connectivity index is 2.81. The van der Waals surface area contributed by atoms with Crippen LogP contribution in [0.15, 0.2) is 16.7 Å². The quantitative estimate of drug-likeness (QED) is 0.324. The Hall–Kier alpha value is -1.63. The van der Waals surface area contributed by atoms with Crippen molar-refractivity contribution < 1.29 is 10.0 Å². The lowest BCUT2D eigenvalue weighted by molar-refractivity contribution is -0.124. The summed E-state index contributed by atoms with van der Waals surface area (Å²) in [6.45, 7) is 5.53. The molecule has 1 heterocycles. The Kier molecular flexibility index (Phi) is 4.66. The molecular formula is C11H18N4O2S. The highest BCUT2D eigenvalue weighted by molar-refractivity contribution is 7.09. The van der Waals surface area contributed by atoms with Gasteiger partial charge in [0.15, 0.2) is 5.84 Å². The van der Waals surface area contributed by atoms with Gasteiger partial charge in [-0.1, -0.05) is 12.1 Å². The molecular weight excluding hydrogens is 252 g/mol. The van der Waals surface area contributed by atoms with Gasteiger partial charge in [-0.2, -0.15) is 0 Å². The number of nitrogens with zero attached hydrogens (tertiary/aromatic N) is 2. The number of nitrogens with one attached hydrogen (secondary N) is 1. The summed E-state index contributed by atoms with van der Waals surface area (Å²) in [5, 5.41) is 17.1. The Morgan fingerprint density at radius 3 is 2.83 bits per heavy atom. The van der Waals surface area contributed by atoms with E-state index in [9.17, 15) is 4.79 Å². The fourth-order valence-corrected chi connectivity index (χ4v) is 2.30. The summed E-state index contributed by atoms with van der Waals surface area (Å²) in [7, 11) is 0. The highest BCUT2D eigenvalue weighted by Crippen LogP contribution is 2.22. The molecule has 1 aromatic rings. The summed E-state index contributed by atoms with van der Waals surface area (Å²) in [6.07, 6.45) is 2.16. The lowest BCUT2D eigenvalue weighted by Crippen LogP contribution is -2.47. The number of thiazole rings is 1. The molecule has 0 bridgehead atoms. The minimum atomic E-state index is -0.630. The number of hydrogen-bond donors (Lipinski definition) is 3. The molecule has 7 heteroatoms. The molecule has 18 heavy (non-hydrogen) atoms.